The van der Waals surface area contributed by atoms with Gasteiger partial charge in [-0.1, -0.05) is 41.5 Å². The molecule has 28 nitrogen and oxygen atoms in total. The maximum absolute atomic E-state index is 14.0. The molecule has 0 fully saturated rings. The van der Waals surface area contributed by atoms with Gasteiger partial charge in [0.15, 0.2) is 12.0 Å². The van der Waals surface area contributed by atoms with Crippen LogP contribution in [0, 0.1) is 17.8 Å². The molecule has 0 aliphatic heterocycles. The molecular weight excluding hydrogens is 967 g/mol. The summed E-state index contributed by atoms with van der Waals surface area (Å²) in [5.41, 5.74) is 33.3. The molecule has 0 aromatic rings. The topological polar surface area (TPSA) is 493 Å². The first-order valence-corrected chi connectivity index (χ1v) is 24.1. The SMILES string of the molecule is CC(C)C[C@H](NC(=O)[C@H](CC(N)=O)NC(=O)[C@H](CCCN=C(N)N)NC(=O)[C@H](CC(N)=O)NC(=O)[C@@H](NC(=O)[C@H](CS)NC(=O)[C@H](CCCCN)NC(=O)[C@@H](N)C(C)C)C(C)C)C(=O)N[C@H](C(=O)O)[C@@H](C)O. The Morgan fingerprint density at radius 1 is 0.514 bits per heavy atom. The summed E-state index contributed by atoms with van der Waals surface area (Å²) in [6.07, 6.45) is -2.43. The van der Waals surface area contributed by atoms with Gasteiger partial charge in [-0.3, -0.25) is 52.9 Å². The minimum atomic E-state index is -1.80. The molecule has 0 saturated carbocycles. The van der Waals surface area contributed by atoms with Crippen molar-refractivity contribution in [2.45, 2.75) is 160 Å². The van der Waals surface area contributed by atoms with Crippen molar-refractivity contribution in [1.29, 1.82) is 0 Å². The van der Waals surface area contributed by atoms with Crippen LogP contribution in [0.25, 0.3) is 0 Å². The summed E-state index contributed by atoms with van der Waals surface area (Å²) < 4.78 is 0. The van der Waals surface area contributed by atoms with Crippen LogP contribution >= 0.6 is 12.6 Å². The number of nitrogens with one attached hydrogen (secondary N) is 8. The lowest BCUT2D eigenvalue weighted by atomic mass is 10.0. The van der Waals surface area contributed by atoms with Gasteiger partial charge in [0.2, 0.25) is 59.1 Å². The Balaban J connectivity index is 6.67. The van der Waals surface area contributed by atoms with Crippen molar-refractivity contribution in [3.05, 3.63) is 0 Å². The molecule has 72 heavy (non-hydrogen) atoms. The van der Waals surface area contributed by atoms with Crippen LogP contribution in [-0.4, -0.2) is 161 Å². The number of aliphatic imine (C=N–C) groups is 1. The smallest absolute Gasteiger partial charge is 0.328 e. The molecular formula is C43H79N15O13S. The molecule has 0 unspecified atom stereocenters. The van der Waals surface area contributed by atoms with Crippen molar-refractivity contribution >= 4 is 83.6 Å². The predicted octanol–water partition coefficient (Wildman–Crippen LogP) is -6.12. The quantitative estimate of drug-likeness (QED) is 0.0122. The number of aliphatic hydroxyl groups is 1. The second kappa shape index (κ2) is 33.3. The van der Waals surface area contributed by atoms with Gasteiger partial charge in [-0.25, -0.2) is 4.79 Å². The molecule has 10 amide bonds. The Labute approximate surface area is 424 Å². The van der Waals surface area contributed by atoms with Gasteiger partial charge in [-0.05, 0) is 69.7 Å². The zero-order chi connectivity index (χ0) is 55.6. The molecule has 0 aliphatic carbocycles. The minimum absolute atomic E-state index is 0.00292. The number of aliphatic carboxylic acids is 1. The zero-order valence-electron chi connectivity index (χ0n) is 42.0. The van der Waals surface area contributed by atoms with Crippen LogP contribution in [0.2, 0.25) is 0 Å². The van der Waals surface area contributed by atoms with Crippen molar-refractivity contribution in [2.75, 3.05) is 18.8 Å². The van der Waals surface area contributed by atoms with Gasteiger partial charge in [0.25, 0.3) is 0 Å². The van der Waals surface area contributed by atoms with E-state index in [1.807, 2.05) is 0 Å². The highest BCUT2D eigenvalue weighted by Gasteiger charge is 2.37. The number of thiol groups is 1. The third-order valence-corrected chi connectivity index (χ3v) is 11.1. The number of aliphatic hydroxyl groups excluding tert-OH is 1. The summed E-state index contributed by atoms with van der Waals surface area (Å²) >= 11 is 4.21. The number of hydrogen-bond donors (Lipinski definition) is 17. The van der Waals surface area contributed by atoms with E-state index in [4.69, 9.17) is 34.4 Å². The van der Waals surface area contributed by atoms with E-state index in [2.05, 4.69) is 60.2 Å². The molecule has 0 radical (unpaired) electrons. The number of nitrogens with zero attached hydrogens (tertiary/aromatic N) is 1. The van der Waals surface area contributed by atoms with E-state index < -0.39 is 144 Å². The molecule has 0 heterocycles. The molecule has 410 valence electrons. The summed E-state index contributed by atoms with van der Waals surface area (Å²) in [6, 6.07) is -13.3. The summed E-state index contributed by atoms with van der Waals surface area (Å²) in [6.45, 7) is 11.3. The maximum atomic E-state index is 14.0. The molecule has 0 bridgehead atoms. The minimum Gasteiger partial charge on any atom is -0.480 e. The molecule has 0 rings (SSSR count). The van der Waals surface area contributed by atoms with E-state index in [1.165, 1.54) is 0 Å². The average Bonchev–Trinajstić information content (AvgIpc) is 3.27. The first-order chi connectivity index (χ1) is 33.5. The fraction of sp³-hybridized carbons (Fsp3) is 0.721. The number of nitrogens with two attached hydrogens (primary N) is 6. The first kappa shape index (κ1) is 65.7. The van der Waals surface area contributed by atoms with Crippen LogP contribution in [0.5, 0.6) is 0 Å². The van der Waals surface area contributed by atoms with Gasteiger partial charge in [0.1, 0.15) is 42.3 Å². The number of carboxylic acids is 1. The number of amides is 10. The number of carbonyl (C=O) groups is 11. The first-order valence-electron chi connectivity index (χ1n) is 23.5. The summed E-state index contributed by atoms with van der Waals surface area (Å²) in [7, 11) is 0. The second-order valence-electron chi connectivity index (χ2n) is 18.3. The Morgan fingerprint density at radius 2 is 0.917 bits per heavy atom. The summed E-state index contributed by atoms with van der Waals surface area (Å²) in [5, 5.41) is 38.6. The molecule has 22 N–H and O–H groups in total. The number of hydrogen-bond acceptors (Lipinski definition) is 16. The van der Waals surface area contributed by atoms with Gasteiger partial charge in [0.05, 0.1) is 25.0 Å². The van der Waals surface area contributed by atoms with Crippen molar-refractivity contribution in [1.82, 2.24) is 42.5 Å². The molecule has 10 atom stereocenters. The lowest BCUT2D eigenvalue weighted by molar-refractivity contribution is -0.145. The van der Waals surface area contributed by atoms with Crippen LogP contribution in [0.15, 0.2) is 4.99 Å². The molecule has 0 spiro atoms. The Kier molecular flexibility index (Phi) is 30.4. The van der Waals surface area contributed by atoms with E-state index in [1.54, 1.807) is 41.5 Å². The molecule has 0 aliphatic rings. The van der Waals surface area contributed by atoms with E-state index >= 15 is 0 Å². The Bertz CT molecular complexity index is 1900. The van der Waals surface area contributed by atoms with Crippen molar-refractivity contribution < 1.29 is 63.0 Å². The van der Waals surface area contributed by atoms with Gasteiger partial charge in [0, 0.05) is 12.3 Å². The van der Waals surface area contributed by atoms with Crippen molar-refractivity contribution in [3.8, 4) is 0 Å². The number of guanidine groups is 1. The Hall–Kier alpha value is -6.33. The maximum Gasteiger partial charge on any atom is 0.328 e. The van der Waals surface area contributed by atoms with Gasteiger partial charge < -0.3 is 87.1 Å². The number of unbranched alkanes of at least 4 members (excludes halogenated alkanes) is 1. The second-order valence-corrected chi connectivity index (χ2v) is 18.7. The standard InChI is InChI=1S/C43H79N15O13S/c1-19(2)15-25(38(66)58-33(22(7)59)42(70)71)53-37(65)26(16-29(45)60)54-34(62)24(12-10-14-50-43(48)49)51-36(64)27(17-30(46)61)55-41(69)32(21(5)6)57-39(67)28(18-72)56-35(63)23(11-8-9-13-44)52-40(68)31(47)20(3)4/h19-28,31-33,59,72H,8-18,44,47H2,1-7H3,(H2,45,60)(H2,46,61)(H,51,64)(H,52,68)(H,53,65)(H,54,62)(H,55,69)(H,56,63)(H,57,67)(H,58,66)(H,70,71)(H4,48,49,50)/t22-,23+,24+,25+,26+,27+,28+,31+,32+,33+/m1/s1. The fourth-order valence-corrected chi connectivity index (χ4v) is 6.86. The van der Waals surface area contributed by atoms with Crippen LogP contribution < -0.4 is 76.9 Å². The van der Waals surface area contributed by atoms with E-state index in [0.29, 0.717) is 19.4 Å². The molecule has 29 heteroatoms. The summed E-state index contributed by atoms with van der Waals surface area (Å²) in [5.74, 6) is -13.2. The van der Waals surface area contributed by atoms with Gasteiger partial charge >= 0.3 is 5.97 Å². The van der Waals surface area contributed by atoms with Gasteiger partial charge in [-0.2, -0.15) is 12.6 Å². The molecule has 0 aromatic carbocycles. The monoisotopic (exact) mass is 1050 g/mol. The largest absolute Gasteiger partial charge is 0.480 e. The van der Waals surface area contributed by atoms with Crippen molar-refractivity contribution in [2.24, 2.45) is 57.1 Å². The number of carboxylic acid groups (broad SMARTS) is 1. The normalized spacial score (nSPS) is 15.4. The predicted molar refractivity (Wildman–Crippen MR) is 266 cm³/mol. The summed E-state index contributed by atoms with van der Waals surface area (Å²) in [4.78, 5) is 149. The van der Waals surface area contributed by atoms with Crippen LogP contribution in [0.3, 0.4) is 0 Å². The lowest BCUT2D eigenvalue weighted by Gasteiger charge is -2.29. The Morgan fingerprint density at radius 3 is 1.33 bits per heavy atom. The van der Waals surface area contributed by atoms with Crippen molar-refractivity contribution in [3.63, 3.8) is 0 Å². The third kappa shape index (κ3) is 25.2. The molecule has 0 saturated heterocycles. The van der Waals surface area contributed by atoms with Crippen LogP contribution in [0.1, 0.15) is 99.8 Å². The van der Waals surface area contributed by atoms with E-state index in [9.17, 15) is 63.0 Å². The van der Waals surface area contributed by atoms with E-state index in [-0.39, 0.29) is 55.8 Å². The highest BCUT2D eigenvalue weighted by molar-refractivity contribution is 7.80. The lowest BCUT2D eigenvalue weighted by Crippen LogP contribution is -2.62. The van der Waals surface area contributed by atoms with Crippen LogP contribution in [0.4, 0.5) is 0 Å². The molecule has 0 aromatic heterocycles. The zero-order valence-corrected chi connectivity index (χ0v) is 42.9. The van der Waals surface area contributed by atoms with Crippen LogP contribution in [-0.2, 0) is 52.7 Å². The van der Waals surface area contributed by atoms with E-state index in [0.717, 1.165) is 6.92 Å². The number of rotatable bonds is 35. The third-order valence-electron chi connectivity index (χ3n) is 10.7. The average molecular weight is 1050 g/mol. The number of primary amides is 2. The highest BCUT2D eigenvalue weighted by Crippen LogP contribution is 2.11. The fourth-order valence-electron chi connectivity index (χ4n) is 6.60. The number of carbonyl (C=O) groups excluding carboxylic acids is 10. The highest BCUT2D eigenvalue weighted by atomic mass is 32.1. The van der Waals surface area contributed by atoms with Gasteiger partial charge in [-0.15, -0.1) is 0 Å².